The van der Waals surface area contributed by atoms with Gasteiger partial charge in [0.25, 0.3) is 0 Å². The Morgan fingerprint density at radius 1 is 1.13 bits per heavy atom. The zero-order valence-electron chi connectivity index (χ0n) is 13.6. The van der Waals surface area contributed by atoms with Gasteiger partial charge >= 0.3 is 5.97 Å². The number of rotatable bonds is 5. The molecule has 1 N–H and O–H groups in total. The van der Waals surface area contributed by atoms with Crippen LogP contribution in [0.15, 0.2) is 0 Å². The van der Waals surface area contributed by atoms with Crippen molar-refractivity contribution in [2.75, 3.05) is 31.9 Å². The third-order valence-corrected chi connectivity index (χ3v) is 6.73. The molecule has 0 aromatic heterocycles. The van der Waals surface area contributed by atoms with E-state index in [2.05, 4.69) is 0 Å². The van der Waals surface area contributed by atoms with Gasteiger partial charge in [0.15, 0.2) is 0 Å². The van der Waals surface area contributed by atoms with E-state index in [-0.39, 0.29) is 36.5 Å². The van der Waals surface area contributed by atoms with Crippen molar-refractivity contribution >= 4 is 21.9 Å². The van der Waals surface area contributed by atoms with E-state index >= 15 is 0 Å². The summed E-state index contributed by atoms with van der Waals surface area (Å²) in [4.78, 5) is 25.2. The van der Waals surface area contributed by atoms with Crippen LogP contribution in [0.5, 0.6) is 0 Å². The topological polar surface area (TPSA) is 95.0 Å². The van der Waals surface area contributed by atoms with E-state index in [1.807, 2.05) is 0 Å². The molecule has 7 nitrogen and oxygen atoms in total. The first-order valence-corrected chi connectivity index (χ1v) is 9.92. The molecular weight excluding hydrogens is 320 g/mol. The van der Waals surface area contributed by atoms with Crippen LogP contribution >= 0.6 is 0 Å². The third kappa shape index (κ3) is 4.67. The highest BCUT2D eigenvalue weighted by Crippen LogP contribution is 2.25. The molecule has 2 saturated heterocycles. The second kappa shape index (κ2) is 7.61. The van der Waals surface area contributed by atoms with E-state index < -0.39 is 16.0 Å². The number of carboxylic acid groups (broad SMARTS) is 1. The largest absolute Gasteiger partial charge is 0.481 e. The average molecular weight is 346 g/mol. The zero-order chi connectivity index (χ0) is 17.0. The molecule has 2 heterocycles. The molecule has 0 saturated carbocycles. The molecule has 1 atom stereocenters. The van der Waals surface area contributed by atoms with Crippen LogP contribution in [0.1, 0.15) is 39.0 Å². The Kier molecular flexibility index (Phi) is 6.02. The van der Waals surface area contributed by atoms with Crippen LogP contribution in [0, 0.1) is 11.8 Å². The number of carbonyl (C=O) groups is 2. The molecule has 8 heteroatoms. The molecule has 0 aliphatic carbocycles. The third-order valence-electron chi connectivity index (χ3n) is 4.88. The minimum Gasteiger partial charge on any atom is -0.481 e. The van der Waals surface area contributed by atoms with E-state index in [9.17, 15) is 18.0 Å². The van der Waals surface area contributed by atoms with Gasteiger partial charge < -0.3 is 10.0 Å². The van der Waals surface area contributed by atoms with Gasteiger partial charge in [0.1, 0.15) is 0 Å². The second-order valence-corrected chi connectivity index (χ2v) is 8.72. The number of carboxylic acids is 1. The number of nitrogens with zero attached hydrogens (tertiary/aromatic N) is 2. The van der Waals surface area contributed by atoms with E-state index in [1.165, 1.54) is 4.31 Å². The molecule has 2 aliphatic rings. The molecule has 132 valence electrons. The van der Waals surface area contributed by atoms with Gasteiger partial charge in [-0.15, -0.1) is 0 Å². The summed E-state index contributed by atoms with van der Waals surface area (Å²) in [5, 5.41) is 8.83. The van der Waals surface area contributed by atoms with Crippen LogP contribution in [0.25, 0.3) is 0 Å². The molecule has 0 aromatic carbocycles. The molecular formula is C15H26N2O5S. The highest BCUT2D eigenvalue weighted by molar-refractivity contribution is 7.89. The molecule has 1 unspecified atom stereocenters. The molecule has 0 radical (unpaired) electrons. The van der Waals surface area contributed by atoms with Gasteiger partial charge in [0.05, 0.1) is 11.7 Å². The lowest BCUT2D eigenvalue weighted by Gasteiger charge is -2.37. The summed E-state index contributed by atoms with van der Waals surface area (Å²) in [5.41, 5.74) is 0. The van der Waals surface area contributed by atoms with Crippen molar-refractivity contribution in [2.45, 2.75) is 39.0 Å². The summed E-state index contributed by atoms with van der Waals surface area (Å²) < 4.78 is 25.4. The minimum atomic E-state index is -3.24. The van der Waals surface area contributed by atoms with Gasteiger partial charge in [-0.2, -0.15) is 0 Å². The van der Waals surface area contributed by atoms with Crippen molar-refractivity contribution < 1.29 is 23.1 Å². The first kappa shape index (κ1) is 18.2. The van der Waals surface area contributed by atoms with Crippen molar-refractivity contribution in [3.8, 4) is 0 Å². The van der Waals surface area contributed by atoms with Gasteiger partial charge in [-0.25, -0.2) is 12.7 Å². The smallest absolute Gasteiger partial charge is 0.303 e. The van der Waals surface area contributed by atoms with Gasteiger partial charge in [0, 0.05) is 32.6 Å². The van der Waals surface area contributed by atoms with Gasteiger partial charge in [-0.1, -0.05) is 0 Å². The fourth-order valence-corrected chi connectivity index (χ4v) is 4.62. The fraction of sp³-hybridized carbons (Fsp3) is 0.867. The molecule has 23 heavy (non-hydrogen) atoms. The second-order valence-electron chi connectivity index (χ2n) is 6.46. The van der Waals surface area contributed by atoms with Crippen molar-refractivity contribution in [1.29, 1.82) is 0 Å². The summed E-state index contributed by atoms with van der Waals surface area (Å²) in [5.74, 6) is -0.827. The Balaban J connectivity index is 1.90. The summed E-state index contributed by atoms with van der Waals surface area (Å²) >= 11 is 0. The first-order chi connectivity index (χ1) is 10.8. The molecule has 2 fully saturated rings. The number of amides is 1. The fourth-order valence-electron chi connectivity index (χ4n) is 3.44. The van der Waals surface area contributed by atoms with Crippen LogP contribution in [0.4, 0.5) is 0 Å². The van der Waals surface area contributed by atoms with E-state index in [4.69, 9.17) is 5.11 Å². The summed E-state index contributed by atoms with van der Waals surface area (Å²) in [6.07, 6.45) is 3.02. The molecule has 0 spiro atoms. The predicted octanol–water partition coefficient (Wildman–Crippen LogP) is 0.761. The maximum atomic E-state index is 12.6. The van der Waals surface area contributed by atoms with Crippen molar-refractivity contribution in [2.24, 2.45) is 11.8 Å². The van der Waals surface area contributed by atoms with Crippen LogP contribution in [-0.4, -0.2) is 66.5 Å². The van der Waals surface area contributed by atoms with Crippen LogP contribution < -0.4 is 0 Å². The van der Waals surface area contributed by atoms with Crippen LogP contribution in [0.2, 0.25) is 0 Å². The van der Waals surface area contributed by atoms with Crippen molar-refractivity contribution in [1.82, 2.24) is 9.21 Å². The van der Waals surface area contributed by atoms with Gasteiger partial charge in [0.2, 0.25) is 15.9 Å². The number of hydrogen-bond acceptors (Lipinski definition) is 4. The Morgan fingerprint density at radius 2 is 1.78 bits per heavy atom. The van der Waals surface area contributed by atoms with Crippen molar-refractivity contribution in [3.05, 3.63) is 0 Å². The number of aliphatic carboxylic acids is 1. The zero-order valence-corrected chi connectivity index (χ0v) is 14.4. The van der Waals surface area contributed by atoms with Gasteiger partial charge in [-0.05, 0) is 38.5 Å². The molecule has 2 aliphatic heterocycles. The maximum absolute atomic E-state index is 12.6. The van der Waals surface area contributed by atoms with Crippen LogP contribution in [-0.2, 0) is 19.6 Å². The highest BCUT2D eigenvalue weighted by atomic mass is 32.2. The first-order valence-electron chi connectivity index (χ1n) is 8.32. The number of likely N-dealkylation sites (tertiary alicyclic amines) is 1. The number of piperidine rings is 2. The molecule has 2 rings (SSSR count). The predicted molar refractivity (Wildman–Crippen MR) is 85.3 cm³/mol. The summed E-state index contributed by atoms with van der Waals surface area (Å²) in [6, 6.07) is 0. The Labute approximate surface area is 137 Å². The van der Waals surface area contributed by atoms with Gasteiger partial charge in [-0.3, -0.25) is 9.59 Å². The SMILES string of the molecule is CCS(=O)(=O)N1CCCC(C(=O)N2CCC(CC(=O)O)CC2)C1. The normalized spacial score (nSPS) is 24.6. The summed E-state index contributed by atoms with van der Waals surface area (Å²) in [6.45, 7) is 3.56. The maximum Gasteiger partial charge on any atom is 0.303 e. The van der Waals surface area contributed by atoms with E-state index in [1.54, 1.807) is 11.8 Å². The molecule has 0 aromatic rings. The lowest BCUT2D eigenvalue weighted by molar-refractivity contribution is -0.139. The van der Waals surface area contributed by atoms with Crippen LogP contribution in [0.3, 0.4) is 0 Å². The highest BCUT2D eigenvalue weighted by Gasteiger charge is 2.34. The Hall–Kier alpha value is -1.15. The average Bonchev–Trinajstić information content (AvgIpc) is 2.54. The quantitative estimate of drug-likeness (QED) is 0.793. The molecule has 1 amide bonds. The Bertz CT molecular complexity index is 540. The van der Waals surface area contributed by atoms with E-state index in [0.717, 1.165) is 6.42 Å². The van der Waals surface area contributed by atoms with Crippen molar-refractivity contribution in [3.63, 3.8) is 0 Å². The molecule has 0 bridgehead atoms. The number of carbonyl (C=O) groups excluding carboxylic acids is 1. The van der Waals surface area contributed by atoms with E-state index in [0.29, 0.717) is 38.9 Å². The minimum absolute atomic E-state index is 0.0229. The lowest BCUT2D eigenvalue weighted by atomic mass is 9.91. The lowest BCUT2D eigenvalue weighted by Crippen LogP contribution is -2.48. The Morgan fingerprint density at radius 3 is 2.35 bits per heavy atom. The number of hydrogen-bond donors (Lipinski definition) is 1. The summed E-state index contributed by atoms with van der Waals surface area (Å²) in [7, 11) is -3.24. The monoisotopic (exact) mass is 346 g/mol. The number of sulfonamides is 1. The standard InChI is InChI=1S/C15H26N2O5S/c1-2-23(21,22)17-7-3-4-13(11-17)15(20)16-8-5-12(6-9-16)10-14(18)19/h12-13H,2-11H2,1H3,(H,18,19).